The third kappa shape index (κ3) is 44.6. The van der Waals surface area contributed by atoms with Crippen LogP contribution in [0.25, 0.3) is 0 Å². The van der Waals surface area contributed by atoms with Gasteiger partial charge in [0.2, 0.25) is 0 Å². The zero-order valence-corrected chi connectivity index (χ0v) is 37.9. The quantitative estimate of drug-likeness (QED) is 0.0202. The van der Waals surface area contributed by atoms with Gasteiger partial charge in [0.15, 0.2) is 6.10 Å². The smallest absolute Gasteiger partial charge is 0.306 e. The largest absolute Gasteiger partial charge is 0.462 e. The van der Waals surface area contributed by atoms with Gasteiger partial charge < -0.3 is 14.2 Å². The van der Waals surface area contributed by atoms with Crippen molar-refractivity contribution in [2.45, 2.75) is 175 Å². The van der Waals surface area contributed by atoms with Crippen molar-refractivity contribution in [3.63, 3.8) is 0 Å². The number of esters is 3. The summed E-state index contributed by atoms with van der Waals surface area (Å²) >= 11 is 0. The Balaban J connectivity index is 4.64. The lowest BCUT2D eigenvalue weighted by Gasteiger charge is -2.18. The highest BCUT2D eigenvalue weighted by Gasteiger charge is 2.19. The molecule has 1 atom stereocenters. The molecule has 0 aromatic rings. The molecule has 0 aromatic carbocycles. The fraction of sp³-hybridized carbons (Fsp3) is 0.537. The van der Waals surface area contributed by atoms with Gasteiger partial charge in [-0.15, -0.1) is 0 Å². The van der Waals surface area contributed by atoms with Crippen LogP contribution in [0.1, 0.15) is 168 Å². The van der Waals surface area contributed by atoms with Gasteiger partial charge in [-0.3, -0.25) is 14.4 Å². The Morgan fingerprint density at radius 3 is 1.28 bits per heavy atom. The number of carbonyl (C=O) groups is 3. The Labute approximate surface area is 366 Å². The van der Waals surface area contributed by atoms with E-state index in [2.05, 4.69) is 99.8 Å². The fourth-order valence-electron chi connectivity index (χ4n) is 5.56. The van der Waals surface area contributed by atoms with Crippen molar-refractivity contribution in [2.24, 2.45) is 0 Å². The molecule has 0 aliphatic carbocycles. The van der Waals surface area contributed by atoms with Crippen LogP contribution in [-0.2, 0) is 28.6 Å². The lowest BCUT2D eigenvalue weighted by Crippen LogP contribution is -2.30. The van der Waals surface area contributed by atoms with Crippen LogP contribution in [-0.4, -0.2) is 37.2 Å². The molecule has 0 radical (unpaired) electrons. The third-order valence-electron chi connectivity index (χ3n) is 9.00. The Bertz CT molecular complexity index is 1370. The van der Waals surface area contributed by atoms with E-state index in [9.17, 15) is 14.4 Å². The van der Waals surface area contributed by atoms with Gasteiger partial charge in [0.05, 0.1) is 0 Å². The average Bonchev–Trinajstić information content (AvgIpc) is 3.24. The van der Waals surface area contributed by atoms with Gasteiger partial charge in [-0.05, 0) is 96.3 Å². The fourth-order valence-corrected chi connectivity index (χ4v) is 5.56. The second-order valence-electron chi connectivity index (χ2n) is 14.7. The molecular formula is C54H82O6. The molecule has 0 spiro atoms. The summed E-state index contributed by atoms with van der Waals surface area (Å²) < 4.78 is 16.6. The molecule has 60 heavy (non-hydrogen) atoms. The molecule has 6 nitrogen and oxygen atoms in total. The molecule has 1 unspecified atom stereocenters. The van der Waals surface area contributed by atoms with Gasteiger partial charge in [-0.25, -0.2) is 0 Å². The maximum Gasteiger partial charge on any atom is 0.306 e. The maximum absolute atomic E-state index is 12.7. The van der Waals surface area contributed by atoms with E-state index in [1.165, 1.54) is 44.9 Å². The molecule has 0 saturated carbocycles. The van der Waals surface area contributed by atoms with Gasteiger partial charge in [0.25, 0.3) is 0 Å². The highest BCUT2D eigenvalue weighted by Crippen LogP contribution is 2.10. The minimum Gasteiger partial charge on any atom is -0.462 e. The van der Waals surface area contributed by atoms with E-state index in [0.29, 0.717) is 25.7 Å². The molecule has 0 aliphatic rings. The molecule has 0 heterocycles. The van der Waals surface area contributed by atoms with Crippen molar-refractivity contribution >= 4 is 17.9 Å². The van der Waals surface area contributed by atoms with Crippen LogP contribution < -0.4 is 0 Å². The SMILES string of the molecule is CC\C=C/C=C\C=C/C=C\C=C/CCCC(=O)OC(COC(=O)CCC/C=C\C/C=C\C/C=C\CCCCCCCC)COC(=O)CCCC/C=C\C/C=C\C/C=C\CC. The third-order valence-corrected chi connectivity index (χ3v) is 9.00. The second-order valence-corrected chi connectivity index (χ2v) is 14.7. The van der Waals surface area contributed by atoms with E-state index in [0.717, 1.165) is 57.8 Å². The standard InChI is InChI=1S/C54H82O6/c1-4-7-10-13-16-19-22-25-26-27-28-30-32-35-38-41-44-47-53(56)59-50-51(49-58-52(55)46-43-40-37-34-31-24-21-18-15-12-9-6-3)60-54(57)48-45-42-39-36-33-29-23-20-17-14-11-8-5-2/h8-9,11-12,14,17-18,20-21,23,25-26,28-31,33-36,38-39,51H,4-7,10,13,15-16,19,22,24,27,32,37,40-50H2,1-3H3/b11-8-,12-9-,17-14-,21-18-,23-20-,26-25-,30-28-,33-29-,34-31-,38-35-,39-36-. The number of carbonyl (C=O) groups excluding carboxylic acids is 3. The minimum atomic E-state index is -0.854. The van der Waals surface area contributed by atoms with Gasteiger partial charge in [0, 0.05) is 19.3 Å². The average molecular weight is 827 g/mol. The Kier molecular flexibility index (Phi) is 43.7. The summed E-state index contributed by atoms with van der Waals surface area (Å²) in [5.41, 5.74) is 0. The molecule has 0 rings (SSSR count). The number of ether oxygens (including phenoxy) is 3. The summed E-state index contributed by atoms with van der Waals surface area (Å²) in [6.45, 7) is 6.19. The Morgan fingerprint density at radius 1 is 0.367 bits per heavy atom. The van der Waals surface area contributed by atoms with E-state index in [4.69, 9.17) is 14.2 Å². The Hall–Kier alpha value is -4.45. The van der Waals surface area contributed by atoms with Crippen molar-refractivity contribution in [1.29, 1.82) is 0 Å². The van der Waals surface area contributed by atoms with E-state index < -0.39 is 12.1 Å². The Morgan fingerprint density at radius 2 is 0.750 bits per heavy atom. The monoisotopic (exact) mass is 827 g/mol. The zero-order valence-electron chi connectivity index (χ0n) is 37.9. The van der Waals surface area contributed by atoms with Crippen LogP contribution >= 0.6 is 0 Å². The van der Waals surface area contributed by atoms with Gasteiger partial charge >= 0.3 is 17.9 Å². The number of unbranched alkanes of at least 4 members (excludes halogenated alkanes) is 10. The summed E-state index contributed by atoms with van der Waals surface area (Å²) in [4.78, 5) is 37.7. The highest BCUT2D eigenvalue weighted by molar-refractivity contribution is 5.71. The first-order valence-corrected chi connectivity index (χ1v) is 23.3. The number of rotatable bonds is 39. The molecule has 334 valence electrons. The van der Waals surface area contributed by atoms with E-state index in [-0.39, 0.29) is 44.4 Å². The predicted octanol–water partition coefficient (Wildman–Crippen LogP) is 15.1. The number of hydrogen-bond donors (Lipinski definition) is 0. The molecule has 0 aromatic heterocycles. The number of hydrogen-bond acceptors (Lipinski definition) is 6. The van der Waals surface area contributed by atoms with Crippen LogP contribution in [0.15, 0.2) is 134 Å². The molecular weight excluding hydrogens is 745 g/mol. The molecule has 0 saturated heterocycles. The maximum atomic E-state index is 12.7. The molecule has 0 N–H and O–H groups in total. The summed E-state index contributed by atoms with van der Waals surface area (Å²) in [7, 11) is 0. The molecule has 6 heteroatoms. The zero-order chi connectivity index (χ0) is 43.7. The first-order valence-electron chi connectivity index (χ1n) is 23.3. The summed E-state index contributed by atoms with van der Waals surface area (Å²) in [5.74, 6) is -1.13. The topological polar surface area (TPSA) is 78.9 Å². The van der Waals surface area contributed by atoms with Crippen molar-refractivity contribution in [1.82, 2.24) is 0 Å². The lowest BCUT2D eigenvalue weighted by atomic mass is 10.1. The van der Waals surface area contributed by atoms with Crippen LogP contribution in [0.2, 0.25) is 0 Å². The van der Waals surface area contributed by atoms with Gasteiger partial charge in [-0.2, -0.15) is 0 Å². The van der Waals surface area contributed by atoms with E-state index in [1.54, 1.807) is 0 Å². The summed E-state index contributed by atoms with van der Waals surface area (Å²) in [6.07, 6.45) is 66.0. The lowest BCUT2D eigenvalue weighted by molar-refractivity contribution is -0.167. The first-order chi connectivity index (χ1) is 29.5. The van der Waals surface area contributed by atoms with Crippen LogP contribution in [0.5, 0.6) is 0 Å². The van der Waals surface area contributed by atoms with Crippen LogP contribution in [0.4, 0.5) is 0 Å². The van der Waals surface area contributed by atoms with Gasteiger partial charge in [-0.1, -0.05) is 187 Å². The highest BCUT2D eigenvalue weighted by atomic mass is 16.6. The van der Waals surface area contributed by atoms with Crippen molar-refractivity contribution in [2.75, 3.05) is 13.2 Å². The van der Waals surface area contributed by atoms with E-state index in [1.807, 2.05) is 54.7 Å². The van der Waals surface area contributed by atoms with Crippen molar-refractivity contribution < 1.29 is 28.6 Å². The van der Waals surface area contributed by atoms with Crippen LogP contribution in [0, 0.1) is 0 Å². The number of allylic oxidation sites excluding steroid dienone is 22. The first kappa shape index (κ1) is 55.5. The molecule has 0 bridgehead atoms. The second kappa shape index (κ2) is 47.2. The van der Waals surface area contributed by atoms with Gasteiger partial charge in [0.1, 0.15) is 13.2 Å². The van der Waals surface area contributed by atoms with Crippen molar-refractivity contribution in [3.8, 4) is 0 Å². The van der Waals surface area contributed by atoms with E-state index >= 15 is 0 Å². The summed E-state index contributed by atoms with van der Waals surface area (Å²) in [6, 6.07) is 0. The minimum absolute atomic E-state index is 0.148. The molecule has 0 fully saturated rings. The predicted molar refractivity (Wildman–Crippen MR) is 256 cm³/mol. The summed E-state index contributed by atoms with van der Waals surface area (Å²) in [5, 5.41) is 0. The molecule has 0 amide bonds. The molecule has 0 aliphatic heterocycles. The van der Waals surface area contributed by atoms with Crippen LogP contribution in [0.3, 0.4) is 0 Å². The normalized spacial score (nSPS) is 13.3. The van der Waals surface area contributed by atoms with Crippen molar-refractivity contribution in [3.05, 3.63) is 134 Å².